The van der Waals surface area contributed by atoms with Crippen LogP contribution in [-0.4, -0.2) is 34.7 Å². The molecule has 3 N–H and O–H groups in total. The van der Waals surface area contributed by atoms with Crippen LogP contribution >= 0.6 is 11.6 Å². The highest BCUT2D eigenvalue weighted by atomic mass is 35.5. The first-order chi connectivity index (χ1) is 7.89. The minimum atomic E-state index is -0.715. The number of rotatable bonds is 2. The van der Waals surface area contributed by atoms with Crippen LogP contribution in [0, 0.1) is 0 Å². The summed E-state index contributed by atoms with van der Waals surface area (Å²) in [5, 5.41) is 10.2. The predicted molar refractivity (Wildman–Crippen MR) is 65.2 cm³/mol. The molecule has 1 fully saturated rings. The van der Waals surface area contributed by atoms with Crippen molar-refractivity contribution in [2.24, 2.45) is 5.73 Å². The summed E-state index contributed by atoms with van der Waals surface area (Å²) in [6.45, 7) is 2.95. The van der Waals surface area contributed by atoms with Crippen LogP contribution in [-0.2, 0) is 0 Å². The normalized spacial score (nSPS) is 24.1. The maximum absolute atomic E-state index is 11.0. The summed E-state index contributed by atoms with van der Waals surface area (Å²) in [4.78, 5) is 17.0. The molecule has 2 rings (SSSR count). The van der Waals surface area contributed by atoms with Gasteiger partial charge in [0.25, 0.3) is 0 Å². The number of aliphatic hydroxyl groups is 1. The molecule has 17 heavy (non-hydrogen) atoms. The third-order valence-corrected chi connectivity index (χ3v) is 3.14. The van der Waals surface area contributed by atoms with Crippen LogP contribution in [0.15, 0.2) is 12.3 Å². The van der Waals surface area contributed by atoms with Gasteiger partial charge in [0.15, 0.2) is 0 Å². The van der Waals surface area contributed by atoms with Gasteiger partial charge in [-0.05, 0) is 19.4 Å². The number of hydrogen-bond acceptors (Lipinski definition) is 4. The summed E-state index contributed by atoms with van der Waals surface area (Å²) in [5.74, 6) is 0.0220. The van der Waals surface area contributed by atoms with Gasteiger partial charge >= 0.3 is 0 Å². The molecule has 0 aliphatic carbocycles. The van der Waals surface area contributed by atoms with Crippen LogP contribution < -0.4 is 10.6 Å². The largest absolute Gasteiger partial charge is 0.388 e. The van der Waals surface area contributed by atoms with Gasteiger partial charge in [-0.25, -0.2) is 4.98 Å². The van der Waals surface area contributed by atoms with E-state index in [-0.39, 0.29) is 5.56 Å². The van der Waals surface area contributed by atoms with E-state index in [1.165, 1.54) is 12.3 Å². The highest BCUT2D eigenvalue weighted by molar-refractivity contribution is 6.33. The molecule has 5 nitrogen and oxygen atoms in total. The predicted octanol–water partition coefficient (Wildman–Crippen LogP) is 0.795. The number of nitrogens with zero attached hydrogens (tertiary/aromatic N) is 2. The van der Waals surface area contributed by atoms with Gasteiger partial charge in [-0.1, -0.05) is 11.6 Å². The lowest BCUT2D eigenvalue weighted by atomic mass is 10.1. The van der Waals surface area contributed by atoms with Crippen molar-refractivity contribution in [3.8, 4) is 0 Å². The highest BCUT2D eigenvalue weighted by Crippen LogP contribution is 2.30. The van der Waals surface area contributed by atoms with Gasteiger partial charge in [-0.15, -0.1) is 0 Å². The Morgan fingerprint density at radius 3 is 2.88 bits per heavy atom. The Kier molecular flexibility index (Phi) is 2.97. The number of halogens is 1. The average Bonchev–Trinajstić information content (AvgIpc) is 2.58. The molecule has 0 saturated carbocycles. The van der Waals surface area contributed by atoms with Crippen molar-refractivity contribution < 1.29 is 9.90 Å². The SMILES string of the molecule is CC1(O)CCN(c2ncc(C(N)=O)cc2Cl)C1. The summed E-state index contributed by atoms with van der Waals surface area (Å²) < 4.78 is 0. The lowest BCUT2D eigenvalue weighted by molar-refractivity contribution is 0.0838. The van der Waals surface area contributed by atoms with Crippen molar-refractivity contribution in [2.75, 3.05) is 18.0 Å². The highest BCUT2D eigenvalue weighted by Gasteiger charge is 2.32. The minimum Gasteiger partial charge on any atom is -0.388 e. The van der Waals surface area contributed by atoms with Gasteiger partial charge < -0.3 is 15.7 Å². The van der Waals surface area contributed by atoms with Crippen molar-refractivity contribution in [1.29, 1.82) is 0 Å². The zero-order chi connectivity index (χ0) is 12.6. The smallest absolute Gasteiger partial charge is 0.250 e. The van der Waals surface area contributed by atoms with Gasteiger partial charge in [-0.3, -0.25) is 4.79 Å². The monoisotopic (exact) mass is 255 g/mol. The topological polar surface area (TPSA) is 79.4 Å². The molecule has 1 aliphatic heterocycles. The van der Waals surface area contributed by atoms with Gasteiger partial charge in [0.05, 0.1) is 16.2 Å². The van der Waals surface area contributed by atoms with Gasteiger partial charge in [0.2, 0.25) is 5.91 Å². The van der Waals surface area contributed by atoms with Crippen molar-refractivity contribution in [3.05, 3.63) is 22.8 Å². The fraction of sp³-hybridized carbons (Fsp3) is 0.455. The second-order valence-electron chi connectivity index (χ2n) is 4.56. The molecule has 92 valence electrons. The zero-order valence-electron chi connectivity index (χ0n) is 9.48. The zero-order valence-corrected chi connectivity index (χ0v) is 10.2. The third-order valence-electron chi connectivity index (χ3n) is 2.86. The fourth-order valence-corrected chi connectivity index (χ4v) is 2.21. The molecule has 1 unspecified atom stereocenters. The number of aromatic nitrogens is 1. The van der Waals surface area contributed by atoms with E-state index >= 15 is 0 Å². The Hall–Kier alpha value is -1.33. The summed E-state index contributed by atoms with van der Waals surface area (Å²) >= 11 is 6.05. The molecule has 1 amide bonds. The lowest BCUT2D eigenvalue weighted by Gasteiger charge is -2.20. The van der Waals surface area contributed by atoms with E-state index in [1.54, 1.807) is 6.92 Å². The van der Waals surface area contributed by atoms with Crippen LogP contribution in [0.3, 0.4) is 0 Å². The first kappa shape index (κ1) is 12.1. The molecule has 0 aromatic carbocycles. The number of pyridine rings is 1. The number of carbonyl (C=O) groups is 1. The summed E-state index contributed by atoms with van der Waals surface area (Å²) in [6.07, 6.45) is 2.07. The lowest BCUT2D eigenvalue weighted by Crippen LogP contribution is -2.30. The maximum Gasteiger partial charge on any atom is 0.250 e. The molecule has 0 spiro atoms. The van der Waals surface area contributed by atoms with Crippen molar-refractivity contribution in [3.63, 3.8) is 0 Å². The van der Waals surface area contributed by atoms with Crippen molar-refractivity contribution >= 4 is 23.3 Å². The number of hydrogen-bond donors (Lipinski definition) is 2. The molecular formula is C11H14ClN3O2. The van der Waals surface area contributed by atoms with E-state index in [1.807, 2.05) is 4.90 Å². The fourth-order valence-electron chi connectivity index (χ4n) is 1.92. The van der Waals surface area contributed by atoms with E-state index in [0.29, 0.717) is 30.4 Å². The molecule has 1 aliphatic rings. The first-order valence-electron chi connectivity index (χ1n) is 5.32. The molecule has 6 heteroatoms. The Labute approximate surface area is 104 Å². The molecule has 0 bridgehead atoms. The minimum absolute atomic E-state index is 0.282. The van der Waals surface area contributed by atoms with Crippen molar-refractivity contribution in [1.82, 2.24) is 4.98 Å². The van der Waals surface area contributed by atoms with E-state index in [0.717, 1.165) is 0 Å². The van der Waals surface area contributed by atoms with Crippen LogP contribution in [0.1, 0.15) is 23.7 Å². The van der Waals surface area contributed by atoms with Gasteiger partial charge in [-0.2, -0.15) is 0 Å². The Morgan fingerprint density at radius 1 is 1.71 bits per heavy atom. The van der Waals surface area contributed by atoms with E-state index in [9.17, 15) is 9.90 Å². The maximum atomic E-state index is 11.0. The Morgan fingerprint density at radius 2 is 2.41 bits per heavy atom. The van der Waals surface area contributed by atoms with E-state index in [2.05, 4.69) is 4.98 Å². The quantitative estimate of drug-likeness (QED) is 0.819. The third kappa shape index (κ3) is 2.50. The number of carbonyl (C=O) groups excluding carboxylic acids is 1. The molecule has 1 saturated heterocycles. The average molecular weight is 256 g/mol. The molecular weight excluding hydrogens is 242 g/mol. The molecule has 1 aromatic heterocycles. The second kappa shape index (κ2) is 4.16. The van der Waals surface area contributed by atoms with Crippen molar-refractivity contribution in [2.45, 2.75) is 18.9 Å². The van der Waals surface area contributed by atoms with Crippen LogP contribution in [0.25, 0.3) is 0 Å². The summed E-state index contributed by atoms with van der Waals surface area (Å²) in [6, 6.07) is 1.50. The van der Waals surface area contributed by atoms with Crippen LogP contribution in [0.4, 0.5) is 5.82 Å². The van der Waals surface area contributed by atoms with Crippen LogP contribution in [0.2, 0.25) is 5.02 Å². The Balaban J connectivity index is 2.26. The number of anilines is 1. The Bertz CT molecular complexity index is 462. The molecule has 1 aromatic rings. The molecule has 2 heterocycles. The second-order valence-corrected chi connectivity index (χ2v) is 4.97. The number of amides is 1. The number of nitrogens with two attached hydrogens (primary N) is 1. The van der Waals surface area contributed by atoms with Gasteiger partial charge in [0, 0.05) is 19.3 Å². The van der Waals surface area contributed by atoms with E-state index in [4.69, 9.17) is 17.3 Å². The van der Waals surface area contributed by atoms with Crippen LogP contribution in [0.5, 0.6) is 0 Å². The summed E-state index contributed by atoms with van der Waals surface area (Å²) in [5.41, 5.74) is 4.71. The molecule has 0 radical (unpaired) electrons. The standard InChI is InChI=1S/C11H14ClN3O2/c1-11(17)2-3-15(6-11)10-8(12)4-7(5-14-10)9(13)16/h4-5,17H,2-3,6H2,1H3,(H2,13,16). The summed E-state index contributed by atoms with van der Waals surface area (Å²) in [7, 11) is 0. The molecule has 1 atom stereocenters. The number of primary amides is 1. The van der Waals surface area contributed by atoms with Gasteiger partial charge in [0.1, 0.15) is 5.82 Å². The first-order valence-corrected chi connectivity index (χ1v) is 5.69. The number of β-amino-alcohol motifs (C(OH)–C–C–N with tert-alkyl or cyclic N) is 1. The van der Waals surface area contributed by atoms with E-state index < -0.39 is 11.5 Å².